The number of thioether (sulfide) groups is 1. The highest BCUT2D eigenvalue weighted by molar-refractivity contribution is 8.14. The van der Waals surface area contributed by atoms with Gasteiger partial charge in [0.25, 0.3) is 0 Å². The minimum Gasteiger partial charge on any atom is -0.394 e. The number of hydrogen-bond acceptors (Lipinski definition) is 6. The number of nitrogens with zero attached hydrogens (tertiary/aromatic N) is 4. The van der Waals surface area contributed by atoms with E-state index in [1.165, 1.54) is 16.3 Å². The number of carbonyl (C=O) groups excluding carboxylic acids is 1. The molecule has 0 saturated carbocycles. The Labute approximate surface area is 128 Å². The van der Waals surface area contributed by atoms with Gasteiger partial charge in [-0.15, -0.1) is 5.10 Å². The number of amides is 2. The van der Waals surface area contributed by atoms with Gasteiger partial charge in [0.1, 0.15) is 5.88 Å². The van der Waals surface area contributed by atoms with Crippen LogP contribution in [0.2, 0.25) is 0 Å². The van der Waals surface area contributed by atoms with Crippen molar-refractivity contribution in [3.8, 4) is 0 Å². The molecule has 21 heavy (non-hydrogen) atoms. The molecule has 9 nitrogen and oxygen atoms in total. The van der Waals surface area contributed by atoms with Crippen LogP contribution in [0.5, 0.6) is 0 Å². The minimum absolute atomic E-state index is 0.119. The fraction of sp³-hybridized carbons (Fsp3) is 0.800. The van der Waals surface area contributed by atoms with E-state index in [0.29, 0.717) is 19.5 Å². The van der Waals surface area contributed by atoms with Crippen molar-refractivity contribution in [2.75, 3.05) is 32.6 Å². The van der Waals surface area contributed by atoms with E-state index in [1.807, 2.05) is 6.92 Å². The zero-order chi connectivity index (χ0) is 15.6. The molecule has 2 rings (SSSR count). The molecule has 1 fully saturated rings. The Morgan fingerprint density at radius 2 is 2.29 bits per heavy atom. The third-order valence-corrected chi connectivity index (χ3v) is 5.98. The second-order valence-electron chi connectivity index (χ2n) is 4.70. The molecular formula is C10H19N5O4S2. The van der Waals surface area contributed by atoms with Crippen LogP contribution in [0.4, 0.5) is 4.79 Å². The molecule has 0 aromatic heterocycles. The molecule has 1 unspecified atom stereocenters. The van der Waals surface area contributed by atoms with Gasteiger partial charge in [0, 0.05) is 20.1 Å². The van der Waals surface area contributed by atoms with Gasteiger partial charge < -0.3 is 10.4 Å². The summed E-state index contributed by atoms with van der Waals surface area (Å²) >= 11 is 1.16. The van der Waals surface area contributed by atoms with Crippen molar-refractivity contribution in [2.24, 2.45) is 5.10 Å². The van der Waals surface area contributed by atoms with Gasteiger partial charge >= 0.3 is 16.2 Å². The third kappa shape index (κ3) is 3.10. The van der Waals surface area contributed by atoms with Crippen molar-refractivity contribution in [3.63, 3.8) is 0 Å². The molecule has 2 amide bonds. The van der Waals surface area contributed by atoms with Gasteiger partial charge in [0.2, 0.25) is 0 Å². The molecule has 0 bridgehead atoms. The molecule has 0 radical (unpaired) electrons. The van der Waals surface area contributed by atoms with E-state index >= 15 is 0 Å². The lowest BCUT2D eigenvalue weighted by Crippen LogP contribution is -2.40. The summed E-state index contributed by atoms with van der Waals surface area (Å²) in [5.41, 5.74) is 0. The number of aliphatic hydroxyl groups is 1. The van der Waals surface area contributed by atoms with Crippen LogP contribution < -0.4 is 5.32 Å². The monoisotopic (exact) mass is 337 g/mol. The molecule has 1 saturated heterocycles. The van der Waals surface area contributed by atoms with E-state index in [2.05, 4.69) is 10.4 Å². The van der Waals surface area contributed by atoms with Crippen LogP contribution in [0.1, 0.15) is 13.3 Å². The molecule has 0 spiro atoms. The first-order valence-corrected chi connectivity index (χ1v) is 8.93. The predicted octanol–water partition coefficient (Wildman–Crippen LogP) is -0.764. The van der Waals surface area contributed by atoms with E-state index in [1.54, 1.807) is 0 Å². The van der Waals surface area contributed by atoms with E-state index in [9.17, 15) is 18.3 Å². The number of hydrazone groups is 1. The van der Waals surface area contributed by atoms with Crippen molar-refractivity contribution >= 4 is 33.2 Å². The highest BCUT2D eigenvalue weighted by Gasteiger charge is 2.39. The second kappa shape index (κ2) is 6.38. The Bertz CT molecular complexity index is 538. The molecule has 2 heterocycles. The predicted molar refractivity (Wildman–Crippen MR) is 79.7 cm³/mol. The lowest BCUT2D eigenvalue weighted by atomic mass is 10.3. The maximum absolute atomic E-state index is 12.3. The standard InChI is InChI=1S/C10H19N5O4S2/c1-3-4-13(2)21(18,19)14-7-20-10(12-14)15-8(6-16)5-11-9(15)17/h8,16H,3-7H2,1-2H3,(H,11,17). The Morgan fingerprint density at radius 3 is 2.90 bits per heavy atom. The SMILES string of the molecule is CCCN(C)S(=O)(=O)N1CSC(N2C(=O)NCC2CO)=N1. The molecule has 2 aliphatic heterocycles. The Balaban J connectivity index is 2.17. The Hall–Kier alpha value is -1.04. The van der Waals surface area contributed by atoms with Gasteiger partial charge in [0.05, 0.1) is 12.6 Å². The summed E-state index contributed by atoms with van der Waals surface area (Å²) in [5.74, 6) is 0.119. The molecular weight excluding hydrogens is 318 g/mol. The van der Waals surface area contributed by atoms with Crippen LogP contribution in [-0.4, -0.2) is 77.0 Å². The summed E-state index contributed by atoms with van der Waals surface area (Å²) in [6.45, 7) is 2.40. The zero-order valence-corrected chi connectivity index (χ0v) is 13.5. The van der Waals surface area contributed by atoms with E-state index in [0.717, 1.165) is 16.2 Å². The summed E-state index contributed by atoms with van der Waals surface area (Å²) < 4.78 is 26.8. The summed E-state index contributed by atoms with van der Waals surface area (Å²) in [7, 11) is -2.17. The molecule has 2 aliphatic rings. The molecule has 2 N–H and O–H groups in total. The van der Waals surface area contributed by atoms with Crippen LogP contribution in [0.25, 0.3) is 0 Å². The largest absolute Gasteiger partial charge is 0.394 e. The zero-order valence-electron chi connectivity index (χ0n) is 11.9. The van der Waals surface area contributed by atoms with Crippen molar-refractivity contribution in [2.45, 2.75) is 19.4 Å². The molecule has 0 aromatic carbocycles. The first-order chi connectivity index (χ1) is 9.91. The van der Waals surface area contributed by atoms with Gasteiger partial charge in [0.15, 0.2) is 5.17 Å². The van der Waals surface area contributed by atoms with Crippen LogP contribution >= 0.6 is 11.8 Å². The molecule has 0 aromatic rings. The second-order valence-corrected chi connectivity index (χ2v) is 7.55. The fourth-order valence-corrected chi connectivity index (χ4v) is 4.50. The topological polar surface area (TPSA) is 106 Å². The first kappa shape index (κ1) is 16.3. The van der Waals surface area contributed by atoms with E-state index in [4.69, 9.17) is 0 Å². The summed E-state index contributed by atoms with van der Waals surface area (Å²) in [5, 5.41) is 16.2. The molecule has 120 valence electrons. The lowest BCUT2D eigenvalue weighted by molar-refractivity contribution is 0.202. The number of hydrogen-bond donors (Lipinski definition) is 2. The minimum atomic E-state index is -3.67. The summed E-state index contributed by atoms with van der Waals surface area (Å²) in [6.07, 6.45) is 0.703. The molecule has 1 atom stereocenters. The number of nitrogens with one attached hydrogen (secondary N) is 1. The molecule has 11 heteroatoms. The molecule has 0 aliphatic carbocycles. The summed E-state index contributed by atoms with van der Waals surface area (Å²) in [4.78, 5) is 13.1. The van der Waals surface area contributed by atoms with Gasteiger partial charge in [-0.25, -0.2) is 4.79 Å². The Kier molecular flexibility index (Phi) is 4.96. The van der Waals surface area contributed by atoms with Gasteiger partial charge in [-0.2, -0.15) is 17.1 Å². The van der Waals surface area contributed by atoms with Crippen molar-refractivity contribution < 1.29 is 18.3 Å². The number of amidine groups is 1. The van der Waals surface area contributed by atoms with Crippen molar-refractivity contribution in [1.29, 1.82) is 0 Å². The number of aliphatic hydroxyl groups excluding tert-OH is 1. The third-order valence-electron chi connectivity index (χ3n) is 3.19. The van der Waals surface area contributed by atoms with Gasteiger partial charge in [-0.1, -0.05) is 18.7 Å². The maximum atomic E-state index is 12.3. The van der Waals surface area contributed by atoms with Crippen molar-refractivity contribution in [1.82, 2.24) is 18.9 Å². The highest BCUT2D eigenvalue weighted by Crippen LogP contribution is 2.26. The van der Waals surface area contributed by atoms with Crippen molar-refractivity contribution in [3.05, 3.63) is 0 Å². The average molecular weight is 337 g/mol. The van der Waals surface area contributed by atoms with Crippen LogP contribution in [0.15, 0.2) is 5.10 Å². The average Bonchev–Trinajstić information content (AvgIpc) is 3.05. The van der Waals surface area contributed by atoms with Crippen LogP contribution in [0.3, 0.4) is 0 Å². The fourth-order valence-electron chi connectivity index (χ4n) is 2.03. The Morgan fingerprint density at radius 1 is 1.57 bits per heavy atom. The maximum Gasteiger partial charge on any atom is 0.323 e. The van der Waals surface area contributed by atoms with Gasteiger partial charge in [-0.05, 0) is 6.42 Å². The van der Waals surface area contributed by atoms with E-state index < -0.39 is 16.3 Å². The van der Waals surface area contributed by atoms with Gasteiger partial charge in [-0.3, -0.25) is 4.90 Å². The lowest BCUT2D eigenvalue weighted by Gasteiger charge is -2.21. The smallest absolute Gasteiger partial charge is 0.323 e. The quantitative estimate of drug-likeness (QED) is 0.686. The number of rotatable bonds is 5. The van der Waals surface area contributed by atoms with Crippen LogP contribution in [-0.2, 0) is 10.2 Å². The van der Waals surface area contributed by atoms with Crippen LogP contribution in [0, 0.1) is 0 Å². The summed E-state index contributed by atoms with van der Waals surface area (Å²) in [6, 6.07) is -0.791. The first-order valence-electron chi connectivity index (χ1n) is 6.55. The normalized spacial score (nSPS) is 23.0. The van der Waals surface area contributed by atoms with E-state index in [-0.39, 0.29) is 23.7 Å². The number of urea groups is 1. The number of carbonyl (C=O) groups is 1. The highest BCUT2D eigenvalue weighted by atomic mass is 32.2.